The van der Waals surface area contributed by atoms with Gasteiger partial charge in [-0.05, 0) is 12.7 Å². The number of rotatable bonds is 8. The Hall–Kier alpha value is -0.260. The number of carboxylic acid groups (broad SMARTS) is 1. The smallest absolute Gasteiger partial charge is 0.323 e. The first-order chi connectivity index (χ1) is 6.65. The molecule has 0 saturated heterocycles. The average Bonchev–Trinajstić information content (AvgIpc) is 2.15. The third kappa shape index (κ3) is 5.47. The summed E-state index contributed by atoms with van der Waals surface area (Å²) in [5, 5.41) is 11.9. The second kappa shape index (κ2) is 8.08. The van der Waals surface area contributed by atoms with E-state index in [0.29, 0.717) is 0 Å². The minimum atomic E-state index is -0.855. The van der Waals surface area contributed by atoms with Crippen molar-refractivity contribution in [1.82, 2.24) is 5.32 Å². The van der Waals surface area contributed by atoms with Crippen LogP contribution < -0.4 is 5.32 Å². The number of thioether (sulfide) groups is 1. The van der Waals surface area contributed by atoms with E-state index in [1.54, 1.807) is 11.8 Å². The Kier molecular flexibility index (Phi) is 7.93. The molecule has 0 aliphatic rings. The second-order valence-corrected chi connectivity index (χ2v) is 3.98. The van der Waals surface area contributed by atoms with Gasteiger partial charge < -0.3 is 9.84 Å². The van der Waals surface area contributed by atoms with Crippen molar-refractivity contribution >= 4 is 17.7 Å². The van der Waals surface area contributed by atoms with Crippen LogP contribution in [0.25, 0.3) is 0 Å². The summed E-state index contributed by atoms with van der Waals surface area (Å²) in [5.74, 6) is 0.0654. The first-order valence-corrected chi connectivity index (χ1v) is 6.01. The maximum Gasteiger partial charge on any atom is 0.323 e. The molecule has 0 aliphatic carbocycles. The maximum absolute atomic E-state index is 10.8. The predicted octanol–water partition coefficient (Wildman–Crippen LogP) is 0.817. The van der Waals surface area contributed by atoms with E-state index in [0.717, 1.165) is 12.2 Å². The van der Waals surface area contributed by atoms with Crippen molar-refractivity contribution in [2.75, 3.05) is 25.7 Å². The van der Waals surface area contributed by atoms with E-state index in [4.69, 9.17) is 9.84 Å². The van der Waals surface area contributed by atoms with Gasteiger partial charge in [-0.1, -0.05) is 6.92 Å². The van der Waals surface area contributed by atoms with E-state index in [2.05, 4.69) is 5.32 Å². The molecule has 0 aromatic heterocycles. The zero-order valence-electron chi connectivity index (χ0n) is 8.95. The fraction of sp³-hybridized carbons (Fsp3) is 0.889. The number of hydrogen-bond donors (Lipinski definition) is 2. The Balaban J connectivity index is 4.03. The predicted molar refractivity (Wildman–Crippen MR) is 58.9 cm³/mol. The van der Waals surface area contributed by atoms with Gasteiger partial charge in [0.2, 0.25) is 0 Å². The molecule has 0 radical (unpaired) electrons. The molecule has 0 aromatic rings. The summed E-state index contributed by atoms with van der Waals surface area (Å²) < 4.78 is 4.84. The third-order valence-electron chi connectivity index (χ3n) is 1.93. The van der Waals surface area contributed by atoms with Gasteiger partial charge in [0.1, 0.15) is 6.04 Å². The summed E-state index contributed by atoms with van der Waals surface area (Å²) in [6.45, 7) is 2.25. The Morgan fingerprint density at radius 3 is 2.64 bits per heavy atom. The molecule has 0 aliphatic heterocycles. The molecule has 4 nitrogen and oxygen atoms in total. The van der Waals surface area contributed by atoms with Crippen molar-refractivity contribution in [1.29, 1.82) is 0 Å². The second-order valence-electron chi connectivity index (χ2n) is 3.07. The number of aliphatic carboxylic acids is 1. The molecule has 0 amide bonds. The summed E-state index contributed by atoms with van der Waals surface area (Å²) in [6, 6.07) is -0.363. The van der Waals surface area contributed by atoms with E-state index in [-0.39, 0.29) is 12.6 Å². The summed E-state index contributed by atoms with van der Waals surface area (Å²) in [5.41, 5.74) is 0. The van der Waals surface area contributed by atoms with Gasteiger partial charge in [-0.2, -0.15) is 11.8 Å². The van der Waals surface area contributed by atoms with Crippen molar-refractivity contribution < 1.29 is 14.6 Å². The third-order valence-corrected chi connectivity index (χ3v) is 2.66. The first kappa shape index (κ1) is 13.7. The fourth-order valence-electron chi connectivity index (χ4n) is 1.13. The monoisotopic (exact) mass is 221 g/mol. The molecular weight excluding hydrogens is 202 g/mol. The van der Waals surface area contributed by atoms with Crippen LogP contribution in [-0.2, 0) is 9.53 Å². The van der Waals surface area contributed by atoms with Gasteiger partial charge in [-0.25, -0.2) is 0 Å². The van der Waals surface area contributed by atoms with Crippen molar-refractivity contribution in [3.8, 4) is 0 Å². The molecular formula is C9H19NO3S. The van der Waals surface area contributed by atoms with Gasteiger partial charge in [0, 0.05) is 18.9 Å². The van der Waals surface area contributed by atoms with Crippen LogP contribution in [0.15, 0.2) is 0 Å². The normalized spacial score (nSPS) is 15.1. The van der Waals surface area contributed by atoms with E-state index >= 15 is 0 Å². The quantitative estimate of drug-likeness (QED) is 0.635. The van der Waals surface area contributed by atoms with Crippen molar-refractivity contribution in [2.45, 2.75) is 25.4 Å². The number of carbonyl (C=O) groups is 1. The molecule has 0 spiro atoms. The molecule has 2 unspecified atom stereocenters. The van der Waals surface area contributed by atoms with Gasteiger partial charge in [0.15, 0.2) is 0 Å². The molecule has 0 bridgehead atoms. The number of methoxy groups -OCH3 is 1. The minimum Gasteiger partial charge on any atom is -0.480 e. The lowest BCUT2D eigenvalue weighted by Gasteiger charge is -2.20. The first-order valence-electron chi connectivity index (χ1n) is 4.62. The molecule has 5 heteroatoms. The fourth-order valence-corrected chi connectivity index (χ4v) is 1.86. The number of nitrogens with one attached hydrogen (secondary N) is 1. The van der Waals surface area contributed by atoms with E-state index in [9.17, 15) is 4.79 Å². The highest BCUT2D eigenvalue weighted by Crippen LogP contribution is 2.02. The van der Waals surface area contributed by atoms with Crippen LogP contribution in [0, 0.1) is 0 Å². The Labute approximate surface area is 89.4 Å². The van der Waals surface area contributed by atoms with Crippen LogP contribution in [0.5, 0.6) is 0 Å². The Morgan fingerprint density at radius 2 is 2.29 bits per heavy atom. The van der Waals surface area contributed by atoms with Gasteiger partial charge in [0.25, 0.3) is 0 Å². The summed E-state index contributed by atoms with van der Waals surface area (Å²) in [7, 11) is 1.51. The van der Waals surface area contributed by atoms with Gasteiger partial charge in [-0.15, -0.1) is 0 Å². The van der Waals surface area contributed by atoms with Crippen molar-refractivity contribution in [2.24, 2.45) is 0 Å². The zero-order chi connectivity index (χ0) is 11.0. The van der Waals surface area contributed by atoms with Crippen LogP contribution in [0.3, 0.4) is 0 Å². The molecule has 0 fully saturated rings. The molecule has 0 heterocycles. The molecule has 14 heavy (non-hydrogen) atoms. The number of hydrogen-bond acceptors (Lipinski definition) is 4. The summed E-state index contributed by atoms with van der Waals surface area (Å²) in [4.78, 5) is 10.8. The zero-order valence-corrected chi connectivity index (χ0v) is 9.76. The number of ether oxygens (including phenoxy) is 1. The van der Waals surface area contributed by atoms with Gasteiger partial charge >= 0.3 is 5.97 Å². The molecule has 2 N–H and O–H groups in total. The molecule has 0 aromatic carbocycles. The number of carboxylic acids is 1. The van der Waals surface area contributed by atoms with Crippen molar-refractivity contribution in [3.05, 3.63) is 0 Å². The lowest BCUT2D eigenvalue weighted by Crippen LogP contribution is -2.46. The maximum atomic E-state index is 10.8. The van der Waals surface area contributed by atoms with Crippen LogP contribution in [0.2, 0.25) is 0 Å². The Morgan fingerprint density at radius 1 is 1.64 bits per heavy atom. The van der Waals surface area contributed by atoms with Crippen LogP contribution in [-0.4, -0.2) is 48.9 Å². The molecule has 0 saturated carbocycles. The lowest BCUT2D eigenvalue weighted by molar-refractivity contribution is -0.141. The Bertz CT molecular complexity index is 166. The molecule has 0 rings (SSSR count). The highest BCUT2D eigenvalue weighted by molar-refractivity contribution is 7.98. The lowest BCUT2D eigenvalue weighted by atomic mass is 10.2. The summed E-state index contributed by atoms with van der Waals surface area (Å²) in [6.07, 6.45) is 2.94. The summed E-state index contributed by atoms with van der Waals surface area (Å²) >= 11 is 1.71. The van der Waals surface area contributed by atoms with Crippen LogP contribution in [0.4, 0.5) is 0 Å². The van der Waals surface area contributed by atoms with Crippen LogP contribution >= 0.6 is 11.8 Å². The van der Waals surface area contributed by atoms with E-state index < -0.39 is 12.0 Å². The van der Waals surface area contributed by atoms with Gasteiger partial charge in [-0.3, -0.25) is 10.1 Å². The largest absolute Gasteiger partial charge is 0.480 e. The highest BCUT2D eigenvalue weighted by Gasteiger charge is 2.19. The highest BCUT2D eigenvalue weighted by atomic mass is 32.2. The molecule has 84 valence electrons. The average molecular weight is 221 g/mol. The SMILES string of the molecule is CCC(CSC)NC(COC)C(=O)O. The topological polar surface area (TPSA) is 58.6 Å². The van der Waals surface area contributed by atoms with Gasteiger partial charge in [0.05, 0.1) is 6.61 Å². The standard InChI is InChI=1S/C9H19NO3S/c1-4-7(6-14-3)10-8(5-13-2)9(11)12/h7-8,10H,4-6H2,1-3H3,(H,11,12). The van der Waals surface area contributed by atoms with E-state index in [1.165, 1.54) is 7.11 Å². The van der Waals surface area contributed by atoms with E-state index in [1.807, 2.05) is 13.2 Å². The molecule has 2 atom stereocenters. The minimum absolute atomic E-state index is 0.209. The van der Waals surface area contributed by atoms with Crippen molar-refractivity contribution in [3.63, 3.8) is 0 Å². The van der Waals surface area contributed by atoms with Crippen LogP contribution in [0.1, 0.15) is 13.3 Å².